The number of nitrogens with one attached hydrogen (secondary N) is 2. The second kappa shape index (κ2) is 3.61. The van der Waals surface area contributed by atoms with Crippen LogP contribution < -0.4 is 11.1 Å². The van der Waals surface area contributed by atoms with E-state index in [1.807, 2.05) is 18.2 Å². The Bertz CT molecular complexity index is 524. The molecule has 0 atom stereocenters. The Labute approximate surface area is 93.0 Å². The summed E-state index contributed by atoms with van der Waals surface area (Å²) in [5.74, 6) is -0.216. The van der Waals surface area contributed by atoms with Crippen molar-refractivity contribution in [2.75, 3.05) is 5.32 Å². The Morgan fingerprint density at radius 3 is 2.94 bits per heavy atom. The highest BCUT2D eigenvalue weighted by molar-refractivity contribution is 5.98. The zero-order valence-electron chi connectivity index (χ0n) is 9.24. The van der Waals surface area contributed by atoms with Crippen LogP contribution in [0.5, 0.6) is 0 Å². The first-order chi connectivity index (χ1) is 7.47. The molecule has 4 N–H and O–H groups in total. The third kappa shape index (κ3) is 2.04. The highest BCUT2D eigenvalue weighted by Gasteiger charge is 2.21. The number of hydrogen-bond donors (Lipinski definition) is 3. The number of nitrogens with two attached hydrogens (primary N) is 1. The van der Waals surface area contributed by atoms with Crippen LogP contribution in [0.2, 0.25) is 0 Å². The largest absolute Gasteiger partial charge is 0.324 e. The predicted molar refractivity (Wildman–Crippen MR) is 63.0 cm³/mol. The number of carbonyl (C=O) groups is 1. The molecule has 0 aliphatic carbocycles. The number of aromatic nitrogens is 2. The maximum atomic E-state index is 11.6. The Morgan fingerprint density at radius 1 is 1.50 bits per heavy atom. The number of anilines is 1. The number of hydrogen-bond acceptors (Lipinski definition) is 3. The molecule has 2 aromatic rings. The lowest BCUT2D eigenvalue weighted by Gasteiger charge is -2.17. The van der Waals surface area contributed by atoms with Gasteiger partial charge in [-0.05, 0) is 32.0 Å². The van der Waals surface area contributed by atoms with Gasteiger partial charge in [0.1, 0.15) is 0 Å². The standard InChI is InChI=1S/C11H14N4O/c1-11(2,12)10(16)14-8-4-3-7-6-13-15-9(7)5-8/h3-6H,12H2,1-2H3,(H,13,15)(H,14,16). The lowest BCUT2D eigenvalue weighted by Crippen LogP contribution is -2.45. The monoisotopic (exact) mass is 218 g/mol. The maximum Gasteiger partial charge on any atom is 0.243 e. The van der Waals surface area contributed by atoms with Crippen molar-refractivity contribution in [2.45, 2.75) is 19.4 Å². The molecule has 0 aliphatic heterocycles. The van der Waals surface area contributed by atoms with Crippen LogP contribution in [0.3, 0.4) is 0 Å². The summed E-state index contributed by atoms with van der Waals surface area (Å²) in [6.45, 7) is 3.33. The molecule has 1 aromatic carbocycles. The van der Waals surface area contributed by atoms with Gasteiger partial charge in [0.05, 0.1) is 17.3 Å². The van der Waals surface area contributed by atoms with Crippen molar-refractivity contribution in [3.63, 3.8) is 0 Å². The lowest BCUT2D eigenvalue weighted by atomic mass is 10.1. The average molecular weight is 218 g/mol. The number of benzene rings is 1. The molecule has 5 nitrogen and oxygen atoms in total. The van der Waals surface area contributed by atoms with Crippen molar-refractivity contribution < 1.29 is 4.79 Å². The Kier molecular flexibility index (Phi) is 2.40. The molecule has 84 valence electrons. The minimum Gasteiger partial charge on any atom is -0.324 e. The molecular formula is C11H14N4O. The minimum absolute atomic E-state index is 0.216. The van der Waals surface area contributed by atoms with Crippen molar-refractivity contribution in [3.8, 4) is 0 Å². The van der Waals surface area contributed by atoms with Crippen LogP contribution in [0, 0.1) is 0 Å². The van der Waals surface area contributed by atoms with Gasteiger partial charge in [0.25, 0.3) is 0 Å². The van der Waals surface area contributed by atoms with Crippen LogP contribution in [0.1, 0.15) is 13.8 Å². The van der Waals surface area contributed by atoms with Gasteiger partial charge in [-0.3, -0.25) is 9.89 Å². The van der Waals surface area contributed by atoms with Crippen molar-refractivity contribution in [1.29, 1.82) is 0 Å². The van der Waals surface area contributed by atoms with Gasteiger partial charge in [-0.2, -0.15) is 5.10 Å². The van der Waals surface area contributed by atoms with Crippen molar-refractivity contribution >= 4 is 22.5 Å². The molecule has 0 spiro atoms. The summed E-state index contributed by atoms with van der Waals surface area (Å²) in [5.41, 5.74) is 6.39. The van der Waals surface area contributed by atoms with E-state index in [9.17, 15) is 4.79 Å². The second-order valence-corrected chi connectivity index (χ2v) is 4.35. The van der Waals surface area contributed by atoms with Gasteiger partial charge in [-0.1, -0.05) is 0 Å². The number of nitrogens with zero attached hydrogens (tertiary/aromatic N) is 1. The quantitative estimate of drug-likeness (QED) is 0.709. The van der Waals surface area contributed by atoms with Crippen LogP contribution in [0.25, 0.3) is 10.9 Å². The minimum atomic E-state index is -0.886. The molecule has 1 heterocycles. The molecule has 1 amide bonds. The molecule has 2 rings (SSSR count). The maximum absolute atomic E-state index is 11.6. The van der Waals surface area contributed by atoms with Crippen molar-refractivity contribution in [2.24, 2.45) is 5.73 Å². The second-order valence-electron chi connectivity index (χ2n) is 4.35. The molecule has 0 fully saturated rings. The third-order valence-electron chi connectivity index (χ3n) is 2.29. The molecule has 0 unspecified atom stereocenters. The van der Waals surface area contributed by atoms with E-state index in [2.05, 4.69) is 15.5 Å². The number of fused-ring (bicyclic) bond motifs is 1. The van der Waals surface area contributed by atoms with Crippen LogP contribution in [-0.4, -0.2) is 21.6 Å². The van der Waals surface area contributed by atoms with Gasteiger partial charge in [0, 0.05) is 11.1 Å². The zero-order chi connectivity index (χ0) is 11.8. The summed E-state index contributed by atoms with van der Waals surface area (Å²) < 4.78 is 0. The molecule has 0 bridgehead atoms. The lowest BCUT2D eigenvalue weighted by molar-refractivity contribution is -0.120. The van der Waals surface area contributed by atoms with Gasteiger partial charge in [0.2, 0.25) is 5.91 Å². The number of amides is 1. The first-order valence-corrected chi connectivity index (χ1v) is 5.00. The third-order valence-corrected chi connectivity index (χ3v) is 2.29. The van der Waals surface area contributed by atoms with Crippen LogP contribution in [0.15, 0.2) is 24.4 Å². The molecule has 5 heteroatoms. The normalized spacial score (nSPS) is 11.7. The number of H-pyrrole nitrogens is 1. The van der Waals surface area contributed by atoms with Gasteiger partial charge >= 0.3 is 0 Å². The summed E-state index contributed by atoms with van der Waals surface area (Å²) in [5, 5.41) is 10.5. The summed E-state index contributed by atoms with van der Waals surface area (Å²) in [6, 6.07) is 5.53. The fourth-order valence-corrected chi connectivity index (χ4v) is 1.31. The fourth-order valence-electron chi connectivity index (χ4n) is 1.31. The Hall–Kier alpha value is -1.88. The summed E-state index contributed by atoms with van der Waals surface area (Å²) in [7, 11) is 0. The summed E-state index contributed by atoms with van der Waals surface area (Å²) >= 11 is 0. The Balaban J connectivity index is 2.24. The van der Waals surface area contributed by atoms with E-state index in [1.165, 1.54) is 0 Å². The highest BCUT2D eigenvalue weighted by atomic mass is 16.2. The molecular weight excluding hydrogens is 204 g/mol. The van der Waals surface area contributed by atoms with Gasteiger partial charge < -0.3 is 11.1 Å². The van der Waals surface area contributed by atoms with E-state index in [-0.39, 0.29) is 5.91 Å². The van der Waals surface area contributed by atoms with Crippen molar-refractivity contribution in [3.05, 3.63) is 24.4 Å². The summed E-state index contributed by atoms with van der Waals surface area (Å²) in [4.78, 5) is 11.6. The van der Waals surface area contributed by atoms with E-state index in [0.717, 1.165) is 10.9 Å². The predicted octanol–water partition coefficient (Wildman–Crippen LogP) is 1.24. The topological polar surface area (TPSA) is 83.8 Å². The number of rotatable bonds is 2. The van der Waals surface area contributed by atoms with E-state index in [1.54, 1.807) is 20.0 Å². The molecule has 0 aliphatic rings. The van der Waals surface area contributed by atoms with E-state index in [0.29, 0.717) is 5.69 Å². The summed E-state index contributed by atoms with van der Waals surface area (Å²) in [6.07, 6.45) is 1.73. The molecule has 1 aromatic heterocycles. The smallest absolute Gasteiger partial charge is 0.243 e. The molecule has 0 radical (unpaired) electrons. The van der Waals surface area contributed by atoms with E-state index in [4.69, 9.17) is 5.73 Å². The van der Waals surface area contributed by atoms with Crippen LogP contribution in [-0.2, 0) is 4.79 Å². The van der Waals surface area contributed by atoms with Crippen LogP contribution in [0.4, 0.5) is 5.69 Å². The van der Waals surface area contributed by atoms with Gasteiger partial charge in [-0.15, -0.1) is 0 Å². The van der Waals surface area contributed by atoms with E-state index < -0.39 is 5.54 Å². The highest BCUT2D eigenvalue weighted by Crippen LogP contribution is 2.17. The van der Waals surface area contributed by atoms with Gasteiger partial charge in [0.15, 0.2) is 0 Å². The number of aromatic amines is 1. The molecule has 16 heavy (non-hydrogen) atoms. The van der Waals surface area contributed by atoms with Crippen LogP contribution >= 0.6 is 0 Å². The Morgan fingerprint density at radius 2 is 2.25 bits per heavy atom. The van der Waals surface area contributed by atoms with Crippen molar-refractivity contribution in [1.82, 2.24) is 10.2 Å². The van der Waals surface area contributed by atoms with E-state index >= 15 is 0 Å². The van der Waals surface area contributed by atoms with Gasteiger partial charge in [-0.25, -0.2) is 0 Å². The first kappa shape index (κ1) is 10.6. The fraction of sp³-hybridized carbons (Fsp3) is 0.273. The SMILES string of the molecule is CC(C)(N)C(=O)Nc1ccc2cn[nH]c2c1. The molecule has 0 saturated heterocycles. The first-order valence-electron chi connectivity index (χ1n) is 5.00. The molecule has 0 saturated carbocycles. The zero-order valence-corrected chi connectivity index (χ0v) is 9.24. The number of carbonyl (C=O) groups excluding carboxylic acids is 1. The average Bonchev–Trinajstić information content (AvgIpc) is 2.63.